The molecule has 0 aliphatic carbocycles. The Morgan fingerprint density at radius 2 is 1.69 bits per heavy atom. The van der Waals surface area contributed by atoms with Gasteiger partial charge in [0.25, 0.3) is 0 Å². The molecule has 0 bridgehead atoms. The molecule has 0 atom stereocenters. The molecule has 4 heteroatoms. The highest BCUT2D eigenvalue weighted by molar-refractivity contribution is 14.1. The molecular formula is C12H18I2N2. The lowest BCUT2D eigenvalue weighted by atomic mass is 10.1. The van der Waals surface area contributed by atoms with Crippen LogP contribution in [0.3, 0.4) is 0 Å². The molecular weight excluding hydrogens is 426 g/mol. The quantitative estimate of drug-likeness (QED) is 0.555. The largest absolute Gasteiger partial charge is 0.397 e. The Hall–Kier alpha value is 0.440. The zero-order valence-electron chi connectivity index (χ0n) is 9.90. The van der Waals surface area contributed by atoms with Crippen molar-refractivity contribution in [1.82, 2.24) is 5.32 Å². The van der Waals surface area contributed by atoms with Gasteiger partial charge in [0, 0.05) is 12.7 Å². The van der Waals surface area contributed by atoms with E-state index >= 15 is 0 Å². The zero-order valence-corrected chi connectivity index (χ0v) is 14.2. The van der Waals surface area contributed by atoms with Crippen LogP contribution in [0, 0.1) is 7.14 Å². The molecule has 2 nitrogen and oxygen atoms in total. The molecule has 0 amide bonds. The molecule has 3 N–H and O–H groups in total. The van der Waals surface area contributed by atoms with Crippen molar-refractivity contribution in [3.63, 3.8) is 0 Å². The van der Waals surface area contributed by atoms with Crippen molar-refractivity contribution in [1.29, 1.82) is 0 Å². The zero-order chi connectivity index (χ0) is 12.3. The van der Waals surface area contributed by atoms with E-state index in [1.165, 1.54) is 5.56 Å². The van der Waals surface area contributed by atoms with E-state index in [4.69, 9.17) is 5.73 Å². The first-order valence-electron chi connectivity index (χ1n) is 5.28. The number of anilines is 1. The van der Waals surface area contributed by atoms with E-state index in [9.17, 15) is 0 Å². The number of nitrogens with one attached hydrogen (secondary N) is 1. The fourth-order valence-corrected chi connectivity index (χ4v) is 3.26. The molecule has 0 unspecified atom stereocenters. The Morgan fingerprint density at radius 3 is 2.12 bits per heavy atom. The lowest BCUT2D eigenvalue weighted by molar-refractivity contribution is 0.429. The van der Waals surface area contributed by atoms with Gasteiger partial charge >= 0.3 is 0 Å². The number of hydrogen-bond acceptors (Lipinski definition) is 2. The van der Waals surface area contributed by atoms with Crippen molar-refractivity contribution in [2.24, 2.45) is 0 Å². The van der Waals surface area contributed by atoms with E-state index in [2.05, 4.69) is 83.4 Å². The number of nitrogen functional groups attached to an aromatic ring is 1. The van der Waals surface area contributed by atoms with Gasteiger partial charge in [-0.15, -0.1) is 0 Å². The van der Waals surface area contributed by atoms with E-state index in [-0.39, 0.29) is 5.54 Å². The van der Waals surface area contributed by atoms with Gasteiger partial charge in [-0.2, -0.15) is 0 Å². The number of benzene rings is 1. The van der Waals surface area contributed by atoms with Crippen molar-refractivity contribution < 1.29 is 0 Å². The second kappa shape index (κ2) is 5.86. The summed E-state index contributed by atoms with van der Waals surface area (Å²) >= 11 is 4.59. The molecule has 0 heterocycles. The molecule has 1 aromatic carbocycles. The third kappa shape index (κ3) is 4.75. The van der Waals surface area contributed by atoms with E-state index < -0.39 is 0 Å². The normalized spacial score (nSPS) is 11.8. The van der Waals surface area contributed by atoms with Crippen molar-refractivity contribution in [2.45, 2.75) is 32.7 Å². The van der Waals surface area contributed by atoms with Gasteiger partial charge in [-0.3, -0.25) is 0 Å². The van der Waals surface area contributed by atoms with Crippen molar-refractivity contribution in [3.8, 4) is 0 Å². The SMILES string of the molecule is CC(C)(C)NCCc1cc(I)c(N)c(I)c1. The minimum Gasteiger partial charge on any atom is -0.397 e. The molecule has 1 aromatic rings. The number of rotatable bonds is 3. The van der Waals surface area contributed by atoms with Crippen molar-refractivity contribution >= 4 is 50.9 Å². The molecule has 90 valence electrons. The Bertz CT molecular complexity index is 347. The van der Waals surface area contributed by atoms with Crippen LogP contribution in [0.1, 0.15) is 26.3 Å². The maximum Gasteiger partial charge on any atom is 0.0585 e. The second-order valence-corrected chi connectivity index (χ2v) is 7.22. The van der Waals surface area contributed by atoms with Crippen LogP contribution in [0.4, 0.5) is 5.69 Å². The van der Waals surface area contributed by atoms with Crippen LogP contribution >= 0.6 is 45.2 Å². The summed E-state index contributed by atoms with van der Waals surface area (Å²) < 4.78 is 2.30. The topological polar surface area (TPSA) is 38.0 Å². The maximum atomic E-state index is 5.92. The predicted octanol–water partition coefficient (Wildman–Crippen LogP) is 3.41. The van der Waals surface area contributed by atoms with Crippen molar-refractivity contribution in [2.75, 3.05) is 12.3 Å². The first kappa shape index (κ1) is 14.5. The molecule has 16 heavy (non-hydrogen) atoms. The van der Waals surface area contributed by atoms with Crippen LogP contribution in [0.15, 0.2) is 12.1 Å². The van der Waals surface area contributed by atoms with Gasteiger partial charge in [-0.25, -0.2) is 0 Å². The summed E-state index contributed by atoms with van der Waals surface area (Å²) in [5.74, 6) is 0. The fourth-order valence-electron chi connectivity index (χ4n) is 1.36. The lowest BCUT2D eigenvalue weighted by Gasteiger charge is -2.20. The third-order valence-corrected chi connectivity index (χ3v) is 3.99. The van der Waals surface area contributed by atoms with Gasteiger partial charge in [-0.1, -0.05) is 0 Å². The number of halogens is 2. The molecule has 0 fully saturated rings. The number of hydrogen-bond donors (Lipinski definition) is 2. The van der Waals surface area contributed by atoms with E-state index in [1.54, 1.807) is 0 Å². The monoisotopic (exact) mass is 444 g/mol. The Labute approximate surface area is 125 Å². The summed E-state index contributed by atoms with van der Waals surface area (Å²) in [7, 11) is 0. The molecule has 0 aliphatic rings. The lowest BCUT2D eigenvalue weighted by Crippen LogP contribution is -2.37. The highest BCUT2D eigenvalue weighted by Crippen LogP contribution is 2.23. The summed E-state index contributed by atoms with van der Waals surface area (Å²) in [5.41, 5.74) is 8.35. The van der Waals surface area contributed by atoms with Gasteiger partial charge in [0.1, 0.15) is 0 Å². The summed E-state index contributed by atoms with van der Waals surface area (Å²) in [6.07, 6.45) is 1.05. The fraction of sp³-hybridized carbons (Fsp3) is 0.500. The molecule has 0 saturated carbocycles. The van der Waals surface area contributed by atoms with Gasteiger partial charge < -0.3 is 11.1 Å². The van der Waals surface area contributed by atoms with Crippen LogP contribution < -0.4 is 11.1 Å². The molecule has 0 radical (unpaired) electrons. The molecule has 0 spiro atoms. The van der Waals surface area contributed by atoms with E-state index in [0.29, 0.717) is 0 Å². The Kier molecular flexibility index (Phi) is 5.31. The minimum atomic E-state index is 0.189. The minimum absolute atomic E-state index is 0.189. The van der Waals surface area contributed by atoms with Crippen molar-refractivity contribution in [3.05, 3.63) is 24.8 Å². The van der Waals surface area contributed by atoms with Gasteiger partial charge in [0.05, 0.1) is 5.69 Å². The number of nitrogens with two attached hydrogens (primary N) is 1. The van der Waals surface area contributed by atoms with Crippen LogP contribution in [-0.4, -0.2) is 12.1 Å². The molecule has 0 aliphatic heterocycles. The predicted molar refractivity (Wildman–Crippen MR) is 87.7 cm³/mol. The summed E-state index contributed by atoms with van der Waals surface area (Å²) in [6.45, 7) is 7.55. The Morgan fingerprint density at radius 1 is 1.19 bits per heavy atom. The smallest absolute Gasteiger partial charge is 0.0585 e. The highest BCUT2D eigenvalue weighted by atomic mass is 127. The average molecular weight is 444 g/mol. The standard InChI is InChI=1S/C12H18I2N2/c1-12(2,3)16-5-4-8-6-9(13)11(15)10(14)7-8/h6-7,16H,4-5,15H2,1-3H3. The maximum absolute atomic E-state index is 5.92. The van der Waals surface area contributed by atoms with E-state index in [0.717, 1.165) is 25.8 Å². The molecule has 1 rings (SSSR count). The van der Waals surface area contributed by atoms with Gasteiger partial charge in [-0.05, 0) is 96.6 Å². The summed E-state index contributed by atoms with van der Waals surface area (Å²) in [5, 5.41) is 3.49. The van der Waals surface area contributed by atoms with Gasteiger partial charge in [0.15, 0.2) is 0 Å². The van der Waals surface area contributed by atoms with Crippen LogP contribution in [0.2, 0.25) is 0 Å². The van der Waals surface area contributed by atoms with Crippen LogP contribution in [-0.2, 0) is 6.42 Å². The average Bonchev–Trinajstić information content (AvgIpc) is 2.12. The van der Waals surface area contributed by atoms with E-state index in [1.807, 2.05) is 0 Å². The molecule has 0 saturated heterocycles. The summed E-state index contributed by atoms with van der Waals surface area (Å²) in [6, 6.07) is 4.34. The summed E-state index contributed by atoms with van der Waals surface area (Å²) in [4.78, 5) is 0. The first-order valence-corrected chi connectivity index (χ1v) is 7.44. The van der Waals surface area contributed by atoms with Crippen LogP contribution in [0.5, 0.6) is 0 Å². The van der Waals surface area contributed by atoms with Gasteiger partial charge in [0.2, 0.25) is 0 Å². The third-order valence-electron chi connectivity index (χ3n) is 2.21. The highest BCUT2D eigenvalue weighted by Gasteiger charge is 2.08. The van der Waals surface area contributed by atoms with Crippen LogP contribution in [0.25, 0.3) is 0 Å². The first-order chi connectivity index (χ1) is 7.29. The Balaban J connectivity index is 2.62. The molecule has 0 aromatic heterocycles. The second-order valence-electron chi connectivity index (χ2n) is 4.90.